The fraction of sp³-hybridized carbons (Fsp3) is 0.667. The predicted octanol–water partition coefficient (Wildman–Crippen LogP) is 1.90. The first-order chi connectivity index (χ1) is 5.24. The van der Waals surface area contributed by atoms with Crippen LogP contribution >= 0.6 is 0 Å². The molecule has 0 amide bonds. The number of carbonyl (C=O) groups excluding carboxylic acids is 1. The third-order valence-electron chi connectivity index (χ3n) is 1.99. The van der Waals surface area contributed by atoms with Gasteiger partial charge in [0.2, 0.25) is 0 Å². The molecule has 1 fully saturated rings. The predicted molar refractivity (Wildman–Crippen MR) is 43.1 cm³/mol. The Labute approximate surface area is 67.2 Å². The summed E-state index contributed by atoms with van der Waals surface area (Å²) < 4.78 is 5.09. The van der Waals surface area contributed by atoms with Crippen molar-refractivity contribution >= 4 is 5.97 Å². The van der Waals surface area contributed by atoms with E-state index in [1.807, 2.05) is 13.0 Å². The second kappa shape index (κ2) is 3.56. The van der Waals surface area contributed by atoms with E-state index in [0.29, 0.717) is 0 Å². The van der Waals surface area contributed by atoms with Crippen LogP contribution in [0.1, 0.15) is 26.2 Å². The zero-order valence-corrected chi connectivity index (χ0v) is 6.88. The van der Waals surface area contributed by atoms with Gasteiger partial charge in [0, 0.05) is 0 Å². The molecule has 11 heavy (non-hydrogen) atoms. The van der Waals surface area contributed by atoms with Crippen LogP contribution in [0.4, 0.5) is 0 Å². The van der Waals surface area contributed by atoms with Gasteiger partial charge >= 0.3 is 5.97 Å². The molecule has 62 valence electrons. The van der Waals surface area contributed by atoms with Gasteiger partial charge in [-0.3, -0.25) is 4.79 Å². The van der Waals surface area contributed by atoms with Crippen molar-refractivity contribution in [2.24, 2.45) is 5.92 Å². The Hall–Kier alpha value is -0.790. The first-order valence-corrected chi connectivity index (χ1v) is 4.05. The lowest BCUT2D eigenvalue weighted by molar-refractivity contribution is -0.144. The summed E-state index contributed by atoms with van der Waals surface area (Å²) in [4.78, 5) is 10.9. The average molecular weight is 154 g/mol. The number of cyclic esters (lactones) is 1. The maximum absolute atomic E-state index is 10.9. The Balaban J connectivity index is 2.29. The summed E-state index contributed by atoms with van der Waals surface area (Å²) in [5.41, 5.74) is 0. The summed E-state index contributed by atoms with van der Waals surface area (Å²) >= 11 is 0. The highest BCUT2D eigenvalue weighted by Gasteiger charge is 2.29. The molecule has 1 heterocycles. The second-order valence-corrected chi connectivity index (χ2v) is 3.06. The molecule has 0 aliphatic carbocycles. The van der Waals surface area contributed by atoms with Gasteiger partial charge in [-0.05, 0) is 19.3 Å². The minimum atomic E-state index is -0.0425. The van der Waals surface area contributed by atoms with E-state index in [4.69, 9.17) is 4.74 Å². The highest BCUT2D eigenvalue weighted by molar-refractivity contribution is 5.74. The Morgan fingerprint density at radius 1 is 1.82 bits per heavy atom. The van der Waals surface area contributed by atoms with E-state index in [2.05, 4.69) is 6.58 Å². The Bertz CT molecular complexity index is 163. The van der Waals surface area contributed by atoms with E-state index >= 15 is 0 Å². The zero-order valence-electron chi connectivity index (χ0n) is 6.88. The molecule has 0 aromatic carbocycles. The normalized spacial score (nSPS) is 30.1. The van der Waals surface area contributed by atoms with Gasteiger partial charge in [-0.1, -0.05) is 13.0 Å². The number of hydrogen-bond donors (Lipinski definition) is 0. The van der Waals surface area contributed by atoms with Crippen molar-refractivity contribution in [1.29, 1.82) is 0 Å². The van der Waals surface area contributed by atoms with Crippen molar-refractivity contribution in [2.45, 2.75) is 32.3 Å². The lowest BCUT2D eigenvalue weighted by Crippen LogP contribution is -2.05. The molecule has 0 spiro atoms. The fourth-order valence-corrected chi connectivity index (χ4v) is 1.30. The summed E-state index contributed by atoms with van der Waals surface area (Å²) in [6.45, 7) is 5.53. The second-order valence-electron chi connectivity index (χ2n) is 3.06. The smallest absolute Gasteiger partial charge is 0.309 e. The van der Waals surface area contributed by atoms with Crippen molar-refractivity contribution in [3.63, 3.8) is 0 Å². The molecule has 0 N–H and O–H groups in total. The van der Waals surface area contributed by atoms with E-state index in [1.165, 1.54) is 0 Å². The molecule has 0 radical (unpaired) electrons. The maximum Gasteiger partial charge on any atom is 0.309 e. The van der Waals surface area contributed by atoms with Crippen LogP contribution in [0.5, 0.6) is 0 Å². The summed E-state index contributed by atoms with van der Waals surface area (Å²) in [6.07, 6.45) is 4.75. The molecule has 0 aromatic heterocycles. The fourth-order valence-electron chi connectivity index (χ4n) is 1.30. The lowest BCUT2D eigenvalue weighted by atomic mass is 10.0. The molecule has 0 aromatic rings. The molecule has 1 saturated heterocycles. The zero-order chi connectivity index (χ0) is 8.27. The Morgan fingerprint density at radius 3 is 3.00 bits per heavy atom. The number of allylic oxidation sites excluding steroid dienone is 1. The van der Waals surface area contributed by atoms with Crippen LogP contribution < -0.4 is 0 Å². The molecule has 1 aliphatic heterocycles. The quantitative estimate of drug-likeness (QED) is 0.458. The van der Waals surface area contributed by atoms with Crippen LogP contribution in [-0.4, -0.2) is 12.1 Å². The van der Waals surface area contributed by atoms with Crippen molar-refractivity contribution in [3.8, 4) is 0 Å². The van der Waals surface area contributed by atoms with Gasteiger partial charge in [0.1, 0.15) is 6.10 Å². The third-order valence-corrected chi connectivity index (χ3v) is 1.99. The summed E-state index contributed by atoms with van der Waals surface area (Å²) in [7, 11) is 0. The molecule has 0 bridgehead atoms. The molecule has 1 unspecified atom stereocenters. The molecule has 1 aliphatic rings. The van der Waals surface area contributed by atoms with Crippen LogP contribution in [0, 0.1) is 5.92 Å². The van der Waals surface area contributed by atoms with E-state index in [1.54, 1.807) is 0 Å². The third kappa shape index (κ3) is 2.07. The number of hydrogen-bond acceptors (Lipinski definition) is 2. The highest BCUT2D eigenvalue weighted by atomic mass is 16.5. The Morgan fingerprint density at radius 2 is 2.55 bits per heavy atom. The van der Waals surface area contributed by atoms with Crippen molar-refractivity contribution in [2.75, 3.05) is 0 Å². The largest absolute Gasteiger partial charge is 0.462 e. The van der Waals surface area contributed by atoms with Crippen molar-refractivity contribution < 1.29 is 9.53 Å². The van der Waals surface area contributed by atoms with Crippen LogP contribution in [-0.2, 0) is 9.53 Å². The van der Waals surface area contributed by atoms with Crippen LogP contribution in [0.15, 0.2) is 12.7 Å². The van der Waals surface area contributed by atoms with Crippen LogP contribution in [0.25, 0.3) is 0 Å². The van der Waals surface area contributed by atoms with E-state index in [-0.39, 0.29) is 18.0 Å². The number of rotatable bonds is 3. The standard InChI is InChI=1S/C9H14O2/c1-3-4-5-8-6-7(2)9(10)11-8/h3,7-8H,1,4-6H2,2H3/t7?,8-/m1/s1. The summed E-state index contributed by atoms with van der Waals surface area (Å²) in [5, 5.41) is 0. The number of ether oxygens (including phenoxy) is 1. The first kappa shape index (κ1) is 8.31. The molecule has 2 atom stereocenters. The van der Waals surface area contributed by atoms with Gasteiger partial charge in [0.15, 0.2) is 0 Å². The average Bonchev–Trinajstić information content (AvgIpc) is 2.28. The van der Waals surface area contributed by atoms with E-state index in [9.17, 15) is 4.79 Å². The highest BCUT2D eigenvalue weighted by Crippen LogP contribution is 2.23. The van der Waals surface area contributed by atoms with Crippen LogP contribution in [0.3, 0.4) is 0 Å². The van der Waals surface area contributed by atoms with Gasteiger partial charge < -0.3 is 4.74 Å². The van der Waals surface area contributed by atoms with E-state index in [0.717, 1.165) is 19.3 Å². The molecular weight excluding hydrogens is 140 g/mol. The van der Waals surface area contributed by atoms with Crippen molar-refractivity contribution in [1.82, 2.24) is 0 Å². The summed E-state index contributed by atoms with van der Waals surface area (Å²) in [6, 6.07) is 0. The minimum absolute atomic E-state index is 0.0425. The van der Waals surface area contributed by atoms with Crippen molar-refractivity contribution in [3.05, 3.63) is 12.7 Å². The SMILES string of the molecule is C=CCC[C@@H]1CC(C)C(=O)O1. The van der Waals surface area contributed by atoms with Crippen LogP contribution in [0.2, 0.25) is 0 Å². The summed E-state index contributed by atoms with van der Waals surface area (Å²) in [5.74, 6) is 0.0591. The van der Waals surface area contributed by atoms with Gasteiger partial charge in [-0.2, -0.15) is 0 Å². The number of esters is 1. The number of carbonyl (C=O) groups is 1. The van der Waals surface area contributed by atoms with Gasteiger partial charge in [-0.25, -0.2) is 0 Å². The first-order valence-electron chi connectivity index (χ1n) is 4.05. The molecular formula is C9H14O2. The lowest BCUT2D eigenvalue weighted by Gasteiger charge is -2.05. The van der Waals surface area contributed by atoms with E-state index < -0.39 is 0 Å². The molecule has 2 nitrogen and oxygen atoms in total. The van der Waals surface area contributed by atoms with Gasteiger partial charge in [-0.15, -0.1) is 6.58 Å². The Kier molecular flexibility index (Phi) is 2.69. The minimum Gasteiger partial charge on any atom is -0.462 e. The molecule has 0 saturated carbocycles. The van der Waals surface area contributed by atoms with Gasteiger partial charge in [0.05, 0.1) is 5.92 Å². The molecule has 1 rings (SSSR count). The maximum atomic E-state index is 10.9. The molecule has 2 heteroatoms. The monoisotopic (exact) mass is 154 g/mol. The van der Waals surface area contributed by atoms with Gasteiger partial charge in [0.25, 0.3) is 0 Å². The topological polar surface area (TPSA) is 26.3 Å².